The summed E-state index contributed by atoms with van der Waals surface area (Å²) in [5.74, 6) is 0. The molecule has 0 aliphatic heterocycles. The Bertz CT molecular complexity index is 482. The molecule has 0 spiro atoms. The molecule has 0 atom stereocenters. The van der Waals surface area contributed by atoms with E-state index in [4.69, 9.17) is 0 Å². The third-order valence-corrected chi connectivity index (χ3v) is 5.66. The van der Waals surface area contributed by atoms with Crippen LogP contribution < -0.4 is 10.0 Å². The summed E-state index contributed by atoms with van der Waals surface area (Å²) in [7, 11) is -1.51. The molecule has 0 saturated heterocycles. The maximum absolute atomic E-state index is 12.1. The Kier molecular flexibility index (Phi) is 7.68. The van der Waals surface area contributed by atoms with Crippen LogP contribution in [0.3, 0.4) is 0 Å². The lowest BCUT2D eigenvalue weighted by Crippen LogP contribution is -2.29. The van der Waals surface area contributed by atoms with Crippen LogP contribution in [0.15, 0.2) is 16.3 Å². The van der Waals surface area contributed by atoms with Gasteiger partial charge < -0.3 is 10.2 Å². The molecule has 0 bridgehead atoms. The summed E-state index contributed by atoms with van der Waals surface area (Å²) >= 11 is 1.46. The van der Waals surface area contributed by atoms with Crippen molar-refractivity contribution in [2.45, 2.75) is 31.7 Å². The molecule has 1 aromatic rings. The highest BCUT2D eigenvalue weighted by atomic mass is 32.2. The van der Waals surface area contributed by atoms with Gasteiger partial charge in [0, 0.05) is 23.3 Å². The van der Waals surface area contributed by atoms with E-state index in [0.29, 0.717) is 18.0 Å². The molecule has 0 aromatic carbocycles. The van der Waals surface area contributed by atoms with E-state index in [2.05, 4.69) is 28.8 Å². The van der Waals surface area contributed by atoms with Crippen LogP contribution in [0.4, 0.5) is 0 Å². The highest BCUT2D eigenvalue weighted by Crippen LogP contribution is 2.18. The zero-order chi connectivity index (χ0) is 15.0. The third-order valence-electron chi connectivity index (χ3n) is 3.13. The highest BCUT2D eigenvalue weighted by molar-refractivity contribution is 7.89. The van der Waals surface area contributed by atoms with Crippen LogP contribution in [-0.2, 0) is 16.6 Å². The van der Waals surface area contributed by atoms with Gasteiger partial charge in [0.15, 0.2) is 0 Å². The molecule has 0 aliphatic carbocycles. The van der Waals surface area contributed by atoms with Crippen molar-refractivity contribution < 1.29 is 8.42 Å². The number of nitrogens with one attached hydrogen (secondary N) is 2. The predicted molar refractivity (Wildman–Crippen MR) is 84.7 cm³/mol. The van der Waals surface area contributed by atoms with E-state index in [1.807, 2.05) is 7.05 Å². The van der Waals surface area contributed by atoms with Gasteiger partial charge in [-0.1, -0.05) is 13.8 Å². The number of hydrogen-bond acceptors (Lipinski definition) is 5. The van der Waals surface area contributed by atoms with Crippen molar-refractivity contribution >= 4 is 21.4 Å². The molecule has 0 fully saturated rings. The van der Waals surface area contributed by atoms with Gasteiger partial charge in [-0.05, 0) is 39.2 Å². The van der Waals surface area contributed by atoms with Gasteiger partial charge in [0.05, 0.1) is 4.90 Å². The van der Waals surface area contributed by atoms with Crippen molar-refractivity contribution in [3.8, 4) is 0 Å². The van der Waals surface area contributed by atoms with Gasteiger partial charge in [-0.2, -0.15) is 0 Å². The maximum Gasteiger partial charge on any atom is 0.241 e. The molecular formula is C13H25N3O2S2. The first-order valence-corrected chi connectivity index (χ1v) is 9.33. The molecule has 7 heteroatoms. The number of sulfonamides is 1. The van der Waals surface area contributed by atoms with E-state index in [-0.39, 0.29) is 0 Å². The summed E-state index contributed by atoms with van der Waals surface area (Å²) in [6.45, 7) is 8.33. The molecule has 0 unspecified atom stereocenters. The van der Waals surface area contributed by atoms with Crippen molar-refractivity contribution in [3.63, 3.8) is 0 Å². The van der Waals surface area contributed by atoms with Crippen LogP contribution in [0.1, 0.15) is 25.1 Å². The van der Waals surface area contributed by atoms with Crippen LogP contribution in [0.5, 0.6) is 0 Å². The fourth-order valence-electron chi connectivity index (χ4n) is 1.90. The Hall–Kier alpha value is -0.470. The molecule has 5 nitrogen and oxygen atoms in total. The molecule has 1 heterocycles. The SMILES string of the molecule is CCN(CC)CCCNS(=O)(=O)c1csc(CNC)c1. The molecule has 0 saturated carbocycles. The molecule has 2 N–H and O–H groups in total. The van der Waals surface area contributed by atoms with Crippen LogP contribution in [-0.4, -0.2) is 46.5 Å². The Balaban J connectivity index is 2.44. The lowest BCUT2D eigenvalue weighted by molar-refractivity contribution is 0.300. The Labute approximate surface area is 126 Å². The normalized spacial score (nSPS) is 12.2. The number of rotatable bonds is 10. The Morgan fingerprint density at radius 2 is 2.00 bits per heavy atom. The molecule has 1 aromatic heterocycles. The Morgan fingerprint density at radius 1 is 1.30 bits per heavy atom. The van der Waals surface area contributed by atoms with Gasteiger partial charge in [0.1, 0.15) is 0 Å². The maximum atomic E-state index is 12.1. The summed E-state index contributed by atoms with van der Waals surface area (Å²) in [4.78, 5) is 3.68. The van der Waals surface area contributed by atoms with E-state index >= 15 is 0 Å². The quantitative estimate of drug-likeness (QED) is 0.641. The fourth-order valence-corrected chi connectivity index (χ4v) is 4.26. The van der Waals surface area contributed by atoms with E-state index in [1.165, 1.54) is 11.3 Å². The zero-order valence-corrected chi connectivity index (χ0v) is 14.1. The molecular weight excluding hydrogens is 294 g/mol. The van der Waals surface area contributed by atoms with Crippen LogP contribution >= 0.6 is 11.3 Å². The second-order valence-electron chi connectivity index (χ2n) is 4.56. The number of thiophene rings is 1. The van der Waals surface area contributed by atoms with Gasteiger partial charge >= 0.3 is 0 Å². The predicted octanol–water partition coefficient (Wildman–Crippen LogP) is 1.48. The zero-order valence-electron chi connectivity index (χ0n) is 12.5. The van der Waals surface area contributed by atoms with Crippen molar-refractivity contribution in [1.29, 1.82) is 0 Å². The first kappa shape index (κ1) is 17.6. The van der Waals surface area contributed by atoms with Crippen molar-refractivity contribution in [2.75, 3.05) is 33.2 Å². The average Bonchev–Trinajstić information content (AvgIpc) is 2.89. The minimum Gasteiger partial charge on any atom is -0.315 e. The first-order chi connectivity index (χ1) is 9.53. The smallest absolute Gasteiger partial charge is 0.241 e. The lowest BCUT2D eigenvalue weighted by atomic mass is 10.4. The second kappa shape index (κ2) is 8.74. The lowest BCUT2D eigenvalue weighted by Gasteiger charge is -2.17. The number of nitrogens with zero attached hydrogens (tertiary/aromatic N) is 1. The van der Waals surface area contributed by atoms with E-state index in [1.54, 1.807) is 11.4 Å². The van der Waals surface area contributed by atoms with Crippen LogP contribution in [0.2, 0.25) is 0 Å². The van der Waals surface area contributed by atoms with Crippen molar-refractivity contribution in [1.82, 2.24) is 14.9 Å². The molecule has 0 radical (unpaired) electrons. The highest BCUT2D eigenvalue weighted by Gasteiger charge is 2.15. The largest absolute Gasteiger partial charge is 0.315 e. The Morgan fingerprint density at radius 3 is 2.60 bits per heavy atom. The van der Waals surface area contributed by atoms with Gasteiger partial charge in [-0.25, -0.2) is 13.1 Å². The standard InChI is InChI=1S/C13H25N3O2S2/c1-4-16(5-2)8-6-7-15-20(17,18)13-9-12(10-14-3)19-11-13/h9,11,14-15H,4-8,10H2,1-3H3. The second-order valence-corrected chi connectivity index (χ2v) is 7.32. The van der Waals surface area contributed by atoms with Gasteiger partial charge in [-0.3, -0.25) is 0 Å². The van der Waals surface area contributed by atoms with E-state index in [0.717, 1.165) is 30.9 Å². The van der Waals surface area contributed by atoms with Crippen molar-refractivity contribution in [3.05, 3.63) is 16.3 Å². The summed E-state index contributed by atoms with van der Waals surface area (Å²) in [6.07, 6.45) is 0.828. The van der Waals surface area contributed by atoms with Gasteiger partial charge in [0.2, 0.25) is 10.0 Å². The molecule has 0 aliphatic rings. The fraction of sp³-hybridized carbons (Fsp3) is 0.692. The molecule has 0 amide bonds. The summed E-state index contributed by atoms with van der Waals surface area (Å²) in [5.41, 5.74) is 0. The van der Waals surface area contributed by atoms with Gasteiger partial charge in [0.25, 0.3) is 0 Å². The van der Waals surface area contributed by atoms with Crippen molar-refractivity contribution in [2.24, 2.45) is 0 Å². The third kappa shape index (κ3) is 5.49. The topological polar surface area (TPSA) is 61.4 Å². The van der Waals surface area contributed by atoms with Crippen LogP contribution in [0.25, 0.3) is 0 Å². The molecule has 116 valence electrons. The van der Waals surface area contributed by atoms with E-state index < -0.39 is 10.0 Å². The van der Waals surface area contributed by atoms with Gasteiger partial charge in [-0.15, -0.1) is 11.3 Å². The number of hydrogen-bond donors (Lipinski definition) is 2. The summed E-state index contributed by atoms with van der Waals surface area (Å²) in [5, 5.41) is 4.71. The molecule has 20 heavy (non-hydrogen) atoms. The minimum absolute atomic E-state index is 0.371. The average molecular weight is 319 g/mol. The van der Waals surface area contributed by atoms with Crippen LogP contribution in [0, 0.1) is 0 Å². The van der Waals surface area contributed by atoms with E-state index in [9.17, 15) is 8.42 Å². The minimum atomic E-state index is -3.36. The summed E-state index contributed by atoms with van der Waals surface area (Å²) in [6, 6.07) is 1.73. The summed E-state index contributed by atoms with van der Waals surface area (Å²) < 4.78 is 26.9. The molecule has 1 rings (SSSR count). The first-order valence-electron chi connectivity index (χ1n) is 6.97. The monoisotopic (exact) mass is 319 g/mol.